The first kappa shape index (κ1) is 13.1. The molecule has 4 heteroatoms. The fourth-order valence-electron chi connectivity index (χ4n) is 1.89. The highest BCUT2D eigenvalue weighted by atomic mass is 32.2. The number of rotatable bonds is 3. The number of hydrogen-bond donors (Lipinski definition) is 1. The summed E-state index contributed by atoms with van der Waals surface area (Å²) in [5.74, 6) is 1.09. The molecule has 0 radical (unpaired) electrons. The van der Waals surface area contributed by atoms with E-state index in [2.05, 4.69) is 19.2 Å². The van der Waals surface area contributed by atoms with Gasteiger partial charge >= 0.3 is 0 Å². The van der Waals surface area contributed by atoms with Crippen molar-refractivity contribution in [1.29, 1.82) is 0 Å². The third kappa shape index (κ3) is 2.93. The Morgan fingerprint density at radius 2 is 2.00 bits per heavy atom. The molecule has 0 saturated carbocycles. The van der Waals surface area contributed by atoms with Crippen LogP contribution in [0.3, 0.4) is 0 Å². The van der Waals surface area contributed by atoms with E-state index >= 15 is 0 Å². The zero-order valence-electron chi connectivity index (χ0n) is 10.6. The summed E-state index contributed by atoms with van der Waals surface area (Å²) in [5.41, 5.74) is 1.82. The van der Waals surface area contributed by atoms with Gasteiger partial charge in [0.2, 0.25) is 5.12 Å². The van der Waals surface area contributed by atoms with E-state index in [0.717, 1.165) is 12.2 Å². The van der Waals surface area contributed by atoms with E-state index in [1.54, 1.807) is 0 Å². The molecule has 1 amide bonds. The highest BCUT2D eigenvalue weighted by Crippen LogP contribution is 2.20. The lowest BCUT2D eigenvalue weighted by Crippen LogP contribution is -2.37. The number of benzene rings is 1. The van der Waals surface area contributed by atoms with Gasteiger partial charge in [-0.2, -0.15) is 0 Å². The lowest BCUT2D eigenvalue weighted by atomic mass is 10.0. The smallest absolute Gasteiger partial charge is 0.251 e. The van der Waals surface area contributed by atoms with Gasteiger partial charge in [-0.15, -0.1) is 0 Å². The Morgan fingerprint density at radius 1 is 1.33 bits per heavy atom. The lowest BCUT2D eigenvalue weighted by Gasteiger charge is -2.11. The van der Waals surface area contributed by atoms with Crippen LogP contribution in [0.15, 0.2) is 24.3 Å². The predicted molar refractivity (Wildman–Crippen MR) is 73.9 cm³/mol. The average Bonchev–Trinajstić information content (AvgIpc) is 2.75. The van der Waals surface area contributed by atoms with Gasteiger partial charge in [-0.3, -0.25) is 9.59 Å². The van der Waals surface area contributed by atoms with E-state index in [1.165, 1.54) is 17.3 Å². The third-order valence-electron chi connectivity index (χ3n) is 3.08. The molecule has 1 aromatic carbocycles. The Hall–Kier alpha value is -1.29. The third-order valence-corrected chi connectivity index (χ3v) is 4.09. The minimum Gasteiger partial charge on any atom is -0.341 e. The Bertz CT molecular complexity index is 453. The first-order valence-electron chi connectivity index (χ1n) is 6.15. The Morgan fingerprint density at radius 3 is 2.50 bits per heavy atom. The van der Waals surface area contributed by atoms with E-state index in [4.69, 9.17) is 0 Å². The quantitative estimate of drug-likeness (QED) is 0.911. The molecule has 1 aromatic rings. The Kier molecular flexibility index (Phi) is 4.07. The molecule has 1 fully saturated rings. The molecule has 0 aromatic heterocycles. The van der Waals surface area contributed by atoms with Gasteiger partial charge in [0.15, 0.2) is 0 Å². The van der Waals surface area contributed by atoms with Gasteiger partial charge < -0.3 is 5.32 Å². The first-order valence-corrected chi connectivity index (χ1v) is 7.14. The topological polar surface area (TPSA) is 46.2 Å². The van der Waals surface area contributed by atoms with Crippen molar-refractivity contribution in [2.75, 3.05) is 5.75 Å². The van der Waals surface area contributed by atoms with Crippen LogP contribution in [-0.4, -0.2) is 22.8 Å². The standard InChI is InChI=1S/C14H17NO2S/c1-9(2)10-3-5-11(6-4-10)13(16)15-12-7-8-18-14(12)17/h3-6,9,12H,7-8H2,1-2H3,(H,15,16)/t12-/m0/s1. The summed E-state index contributed by atoms with van der Waals surface area (Å²) in [6.45, 7) is 4.23. The van der Waals surface area contributed by atoms with Crippen molar-refractivity contribution < 1.29 is 9.59 Å². The van der Waals surface area contributed by atoms with Crippen LogP contribution in [0.5, 0.6) is 0 Å². The monoisotopic (exact) mass is 263 g/mol. The van der Waals surface area contributed by atoms with Crippen LogP contribution < -0.4 is 5.32 Å². The molecule has 1 saturated heterocycles. The van der Waals surface area contributed by atoms with Crippen molar-refractivity contribution in [2.45, 2.75) is 32.2 Å². The molecule has 1 aliphatic rings. The van der Waals surface area contributed by atoms with E-state index in [0.29, 0.717) is 11.5 Å². The van der Waals surface area contributed by atoms with Crippen LogP contribution in [0.1, 0.15) is 42.1 Å². The number of carbonyl (C=O) groups is 2. The van der Waals surface area contributed by atoms with Gasteiger partial charge in [0, 0.05) is 11.3 Å². The molecule has 1 aliphatic heterocycles. The number of carbonyl (C=O) groups excluding carboxylic acids is 2. The summed E-state index contributed by atoms with van der Waals surface area (Å²) in [6.07, 6.45) is 0.735. The van der Waals surface area contributed by atoms with Crippen molar-refractivity contribution in [3.63, 3.8) is 0 Å². The molecular weight excluding hydrogens is 246 g/mol. The van der Waals surface area contributed by atoms with Crippen LogP contribution in [-0.2, 0) is 4.79 Å². The van der Waals surface area contributed by atoms with E-state index < -0.39 is 0 Å². The lowest BCUT2D eigenvalue weighted by molar-refractivity contribution is -0.112. The molecule has 0 unspecified atom stereocenters. The number of thioether (sulfide) groups is 1. The van der Waals surface area contributed by atoms with Crippen LogP contribution in [0.25, 0.3) is 0 Å². The highest BCUT2D eigenvalue weighted by molar-refractivity contribution is 8.14. The number of hydrogen-bond acceptors (Lipinski definition) is 3. The molecule has 2 rings (SSSR count). The molecule has 0 bridgehead atoms. The summed E-state index contributed by atoms with van der Waals surface area (Å²) in [6, 6.07) is 7.25. The fraction of sp³-hybridized carbons (Fsp3) is 0.429. The van der Waals surface area contributed by atoms with Crippen molar-refractivity contribution in [3.8, 4) is 0 Å². The normalized spacial score (nSPS) is 19.3. The van der Waals surface area contributed by atoms with Gasteiger partial charge in [0.05, 0.1) is 6.04 Å². The molecule has 18 heavy (non-hydrogen) atoms. The average molecular weight is 263 g/mol. The van der Waals surface area contributed by atoms with Gasteiger partial charge in [0.1, 0.15) is 0 Å². The molecular formula is C14H17NO2S. The van der Waals surface area contributed by atoms with E-state index in [1.807, 2.05) is 24.3 Å². The number of amides is 1. The summed E-state index contributed by atoms with van der Waals surface area (Å²) in [5, 5.41) is 2.86. The predicted octanol–water partition coefficient (Wildman–Crippen LogP) is 2.57. The van der Waals surface area contributed by atoms with Crippen LogP contribution in [0, 0.1) is 0 Å². The SMILES string of the molecule is CC(C)c1ccc(C(=O)N[C@H]2CCSC2=O)cc1. The largest absolute Gasteiger partial charge is 0.341 e. The van der Waals surface area contributed by atoms with Gasteiger partial charge in [-0.05, 0) is 30.0 Å². The second-order valence-corrected chi connectivity index (χ2v) is 5.86. The van der Waals surface area contributed by atoms with E-state index in [9.17, 15) is 9.59 Å². The van der Waals surface area contributed by atoms with Gasteiger partial charge in [-0.25, -0.2) is 0 Å². The van der Waals surface area contributed by atoms with E-state index in [-0.39, 0.29) is 17.1 Å². The highest BCUT2D eigenvalue weighted by Gasteiger charge is 2.26. The second kappa shape index (κ2) is 5.57. The van der Waals surface area contributed by atoms with Crippen LogP contribution in [0.2, 0.25) is 0 Å². The minimum atomic E-state index is -0.313. The molecule has 0 aliphatic carbocycles. The molecule has 3 nitrogen and oxygen atoms in total. The van der Waals surface area contributed by atoms with Crippen molar-refractivity contribution >= 4 is 22.8 Å². The minimum absolute atomic E-state index is 0.0714. The van der Waals surface area contributed by atoms with Gasteiger partial charge in [-0.1, -0.05) is 37.7 Å². The Balaban J connectivity index is 2.02. The molecule has 96 valence electrons. The first-order chi connectivity index (χ1) is 8.58. The van der Waals surface area contributed by atoms with Crippen LogP contribution in [0.4, 0.5) is 0 Å². The summed E-state index contributed by atoms with van der Waals surface area (Å²) >= 11 is 1.30. The molecule has 1 N–H and O–H groups in total. The summed E-state index contributed by atoms with van der Waals surface area (Å²) in [4.78, 5) is 23.4. The maximum absolute atomic E-state index is 12.0. The van der Waals surface area contributed by atoms with Crippen LogP contribution >= 0.6 is 11.8 Å². The summed E-state index contributed by atoms with van der Waals surface area (Å²) < 4.78 is 0. The molecule has 1 heterocycles. The zero-order valence-corrected chi connectivity index (χ0v) is 11.4. The molecule has 0 spiro atoms. The maximum Gasteiger partial charge on any atom is 0.251 e. The van der Waals surface area contributed by atoms with Gasteiger partial charge in [0.25, 0.3) is 5.91 Å². The Labute approximate surface area is 111 Å². The molecule has 1 atom stereocenters. The second-order valence-electron chi connectivity index (χ2n) is 4.76. The van der Waals surface area contributed by atoms with Crippen molar-refractivity contribution in [1.82, 2.24) is 5.32 Å². The zero-order chi connectivity index (χ0) is 13.1. The number of nitrogens with one attached hydrogen (secondary N) is 1. The fourth-order valence-corrected chi connectivity index (χ4v) is 2.82. The van der Waals surface area contributed by atoms with Crippen molar-refractivity contribution in [2.24, 2.45) is 0 Å². The van der Waals surface area contributed by atoms with Crippen molar-refractivity contribution in [3.05, 3.63) is 35.4 Å². The summed E-state index contributed by atoms with van der Waals surface area (Å²) in [7, 11) is 0. The maximum atomic E-state index is 12.0.